The largest absolute Gasteiger partial charge is 0.369 e. The van der Waals surface area contributed by atoms with Gasteiger partial charge in [0.25, 0.3) is 0 Å². The third-order valence-electron chi connectivity index (χ3n) is 4.96. The molecular weight excluding hydrogens is 322 g/mol. The summed E-state index contributed by atoms with van der Waals surface area (Å²) in [6.45, 7) is 5.89. The van der Waals surface area contributed by atoms with Crippen LogP contribution in [0.15, 0.2) is 60.7 Å². The first-order chi connectivity index (χ1) is 12.8. The topological polar surface area (TPSA) is 35.6 Å². The highest BCUT2D eigenvalue weighted by molar-refractivity contribution is 5.75. The highest BCUT2D eigenvalue weighted by Crippen LogP contribution is 2.15. The Morgan fingerprint density at radius 3 is 2.23 bits per heavy atom. The average molecular weight is 351 g/mol. The van der Waals surface area contributed by atoms with Crippen LogP contribution in [0.4, 0.5) is 5.69 Å². The van der Waals surface area contributed by atoms with E-state index in [0.29, 0.717) is 6.42 Å². The summed E-state index contributed by atoms with van der Waals surface area (Å²) in [5, 5.41) is 3.06. The van der Waals surface area contributed by atoms with E-state index in [9.17, 15) is 4.79 Å². The lowest BCUT2D eigenvalue weighted by Gasteiger charge is -2.36. The molecule has 0 bridgehead atoms. The molecule has 1 heterocycles. The molecule has 0 aromatic heterocycles. The van der Waals surface area contributed by atoms with Crippen LogP contribution in [0.25, 0.3) is 0 Å². The Morgan fingerprint density at radius 1 is 0.885 bits per heavy atom. The number of anilines is 1. The molecule has 3 rings (SSSR count). The maximum absolute atomic E-state index is 12.0. The lowest BCUT2D eigenvalue weighted by molar-refractivity contribution is -0.121. The Morgan fingerprint density at radius 2 is 1.54 bits per heavy atom. The molecule has 2 aromatic rings. The van der Waals surface area contributed by atoms with Gasteiger partial charge in [0.15, 0.2) is 0 Å². The van der Waals surface area contributed by atoms with E-state index in [1.807, 2.05) is 18.2 Å². The third kappa shape index (κ3) is 5.88. The van der Waals surface area contributed by atoms with Crippen molar-refractivity contribution in [3.8, 4) is 0 Å². The van der Waals surface area contributed by atoms with Crippen LogP contribution in [0.1, 0.15) is 18.4 Å². The van der Waals surface area contributed by atoms with Gasteiger partial charge in [0.05, 0.1) is 0 Å². The van der Waals surface area contributed by atoms with E-state index >= 15 is 0 Å². The number of piperazine rings is 1. The molecule has 0 atom stereocenters. The summed E-state index contributed by atoms with van der Waals surface area (Å²) in [4.78, 5) is 16.8. The number of carbonyl (C=O) groups is 1. The Kier molecular flexibility index (Phi) is 7.08. The molecule has 1 aliphatic heterocycles. The predicted octanol–water partition coefficient (Wildman–Crippen LogP) is 2.95. The number of hydrogen-bond donors (Lipinski definition) is 1. The van der Waals surface area contributed by atoms with Gasteiger partial charge in [-0.1, -0.05) is 48.5 Å². The molecule has 0 saturated carbocycles. The van der Waals surface area contributed by atoms with Crippen LogP contribution < -0.4 is 10.2 Å². The van der Waals surface area contributed by atoms with Crippen molar-refractivity contribution in [1.82, 2.24) is 10.2 Å². The molecule has 138 valence electrons. The zero-order valence-electron chi connectivity index (χ0n) is 15.4. The third-order valence-corrected chi connectivity index (χ3v) is 4.96. The molecular formula is C22H29N3O. The van der Waals surface area contributed by atoms with E-state index in [1.54, 1.807) is 0 Å². The number of benzene rings is 2. The Labute approximate surface area is 156 Å². The first-order valence-corrected chi connectivity index (χ1v) is 9.64. The van der Waals surface area contributed by atoms with E-state index in [0.717, 1.165) is 52.1 Å². The predicted molar refractivity (Wildman–Crippen MR) is 107 cm³/mol. The minimum Gasteiger partial charge on any atom is -0.369 e. The van der Waals surface area contributed by atoms with Gasteiger partial charge in [0.2, 0.25) is 5.91 Å². The highest BCUT2D eigenvalue weighted by atomic mass is 16.1. The molecule has 0 spiro atoms. The van der Waals surface area contributed by atoms with Crippen LogP contribution >= 0.6 is 0 Å². The van der Waals surface area contributed by atoms with Crippen molar-refractivity contribution >= 4 is 11.6 Å². The van der Waals surface area contributed by atoms with Gasteiger partial charge in [-0.3, -0.25) is 9.69 Å². The van der Waals surface area contributed by atoms with Crippen molar-refractivity contribution in [2.45, 2.75) is 19.3 Å². The quantitative estimate of drug-likeness (QED) is 0.794. The zero-order chi connectivity index (χ0) is 18.0. The zero-order valence-corrected chi connectivity index (χ0v) is 15.4. The molecule has 1 fully saturated rings. The molecule has 0 radical (unpaired) electrons. The van der Waals surface area contributed by atoms with Gasteiger partial charge in [0.1, 0.15) is 0 Å². The molecule has 4 nitrogen and oxygen atoms in total. The standard InChI is InChI=1S/C22H29N3O/c26-22(13-7-10-20-8-3-1-4-9-20)23-14-15-24-16-18-25(19-17-24)21-11-5-2-6-12-21/h1-6,8-9,11-12H,7,10,13-19H2,(H,23,26). The number of carbonyl (C=O) groups excluding carboxylic acids is 1. The van der Waals surface area contributed by atoms with Crippen LogP contribution in [0.3, 0.4) is 0 Å². The minimum absolute atomic E-state index is 0.170. The highest BCUT2D eigenvalue weighted by Gasteiger charge is 2.16. The molecule has 0 aliphatic carbocycles. The molecule has 1 N–H and O–H groups in total. The summed E-state index contributed by atoms with van der Waals surface area (Å²) < 4.78 is 0. The van der Waals surface area contributed by atoms with Gasteiger partial charge in [-0.25, -0.2) is 0 Å². The van der Waals surface area contributed by atoms with Crippen LogP contribution in [0.2, 0.25) is 0 Å². The fourth-order valence-corrected chi connectivity index (χ4v) is 3.41. The second-order valence-corrected chi connectivity index (χ2v) is 6.85. The summed E-state index contributed by atoms with van der Waals surface area (Å²) in [6.07, 6.45) is 2.48. The number of aryl methyl sites for hydroxylation is 1. The van der Waals surface area contributed by atoms with Crippen LogP contribution in [-0.2, 0) is 11.2 Å². The van der Waals surface area contributed by atoms with Gasteiger partial charge >= 0.3 is 0 Å². The lowest BCUT2D eigenvalue weighted by atomic mass is 10.1. The number of nitrogens with zero attached hydrogens (tertiary/aromatic N) is 2. The molecule has 1 saturated heterocycles. The second kappa shape index (κ2) is 9.97. The van der Waals surface area contributed by atoms with Gasteiger partial charge in [0, 0.05) is 51.4 Å². The summed E-state index contributed by atoms with van der Waals surface area (Å²) in [6, 6.07) is 20.9. The SMILES string of the molecule is O=C(CCCc1ccccc1)NCCN1CCN(c2ccccc2)CC1. The number of hydrogen-bond acceptors (Lipinski definition) is 3. The van der Waals surface area contributed by atoms with Gasteiger partial charge < -0.3 is 10.2 Å². The maximum atomic E-state index is 12.0. The first-order valence-electron chi connectivity index (χ1n) is 9.64. The number of rotatable bonds is 8. The van der Waals surface area contributed by atoms with Crippen LogP contribution in [0, 0.1) is 0 Å². The summed E-state index contributed by atoms with van der Waals surface area (Å²) in [5.74, 6) is 0.170. The van der Waals surface area contributed by atoms with Crippen molar-refractivity contribution in [2.75, 3.05) is 44.2 Å². The van der Waals surface area contributed by atoms with Crippen molar-refractivity contribution in [3.05, 3.63) is 66.2 Å². The average Bonchev–Trinajstić information content (AvgIpc) is 2.70. The first kappa shape index (κ1) is 18.5. The van der Waals surface area contributed by atoms with E-state index in [1.165, 1.54) is 11.3 Å². The van der Waals surface area contributed by atoms with Crippen molar-refractivity contribution in [2.24, 2.45) is 0 Å². The minimum atomic E-state index is 0.170. The fourth-order valence-electron chi connectivity index (χ4n) is 3.41. The number of amides is 1. The lowest BCUT2D eigenvalue weighted by Crippen LogP contribution is -2.48. The summed E-state index contributed by atoms with van der Waals surface area (Å²) in [7, 11) is 0. The van der Waals surface area contributed by atoms with Crippen LogP contribution in [-0.4, -0.2) is 50.1 Å². The summed E-state index contributed by atoms with van der Waals surface area (Å²) in [5.41, 5.74) is 2.61. The van der Waals surface area contributed by atoms with Crippen molar-refractivity contribution in [1.29, 1.82) is 0 Å². The van der Waals surface area contributed by atoms with E-state index in [4.69, 9.17) is 0 Å². The molecule has 4 heteroatoms. The Balaban J connectivity index is 1.26. The van der Waals surface area contributed by atoms with Gasteiger partial charge in [-0.15, -0.1) is 0 Å². The van der Waals surface area contributed by atoms with E-state index in [2.05, 4.69) is 57.6 Å². The molecule has 1 aliphatic rings. The molecule has 2 aromatic carbocycles. The maximum Gasteiger partial charge on any atom is 0.220 e. The fraction of sp³-hybridized carbons (Fsp3) is 0.409. The second-order valence-electron chi connectivity index (χ2n) is 6.85. The smallest absolute Gasteiger partial charge is 0.220 e. The summed E-state index contributed by atoms with van der Waals surface area (Å²) >= 11 is 0. The monoisotopic (exact) mass is 351 g/mol. The van der Waals surface area contributed by atoms with E-state index in [-0.39, 0.29) is 5.91 Å². The Hall–Kier alpha value is -2.33. The van der Waals surface area contributed by atoms with Gasteiger partial charge in [-0.2, -0.15) is 0 Å². The normalized spacial score (nSPS) is 15.0. The molecule has 26 heavy (non-hydrogen) atoms. The van der Waals surface area contributed by atoms with Crippen molar-refractivity contribution in [3.63, 3.8) is 0 Å². The molecule has 0 unspecified atom stereocenters. The number of para-hydroxylation sites is 1. The van der Waals surface area contributed by atoms with Crippen molar-refractivity contribution < 1.29 is 4.79 Å². The molecule has 1 amide bonds. The van der Waals surface area contributed by atoms with Gasteiger partial charge in [-0.05, 0) is 30.5 Å². The number of nitrogens with one attached hydrogen (secondary N) is 1. The van der Waals surface area contributed by atoms with E-state index < -0.39 is 0 Å². The van der Waals surface area contributed by atoms with Crippen LogP contribution in [0.5, 0.6) is 0 Å². The Bertz CT molecular complexity index is 652.